The van der Waals surface area contributed by atoms with Gasteiger partial charge in [-0.15, -0.1) is 4.36 Å². The first kappa shape index (κ1) is 35.2. The Bertz CT molecular complexity index is 1580. The van der Waals surface area contributed by atoms with Gasteiger partial charge < -0.3 is 29.7 Å². The van der Waals surface area contributed by atoms with Crippen molar-refractivity contribution in [2.24, 2.45) is 9.78 Å². The lowest BCUT2D eigenvalue weighted by atomic mass is 9.74. The lowest BCUT2D eigenvalue weighted by molar-refractivity contribution is -0.151. The number of anilines is 1. The lowest BCUT2D eigenvalue weighted by Crippen LogP contribution is -2.51. The van der Waals surface area contributed by atoms with E-state index in [1.54, 1.807) is 37.8 Å². The number of aromatic carboxylic acids is 1. The van der Waals surface area contributed by atoms with Crippen LogP contribution in [0.2, 0.25) is 5.02 Å². The Morgan fingerprint density at radius 1 is 1.17 bits per heavy atom. The van der Waals surface area contributed by atoms with Crippen LogP contribution in [0.4, 0.5) is 10.5 Å². The molecule has 46 heavy (non-hydrogen) atoms. The number of piperidine rings is 1. The first-order valence-electron chi connectivity index (χ1n) is 15.1. The van der Waals surface area contributed by atoms with Gasteiger partial charge in [0, 0.05) is 48.1 Å². The van der Waals surface area contributed by atoms with E-state index in [2.05, 4.69) is 9.68 Å². The van der Waals surface area contributed by atoms with Crippen LogP contribution in [0.3, 0.4) is 0 Å². The predicted molar refractivity (Wildman–Crippen MR) is 175 cm³/mol. The molecule has 4 rings (SSSR count). The van der Waals surface area contributed by atoms with Crippen LogP contribution < -0.4 is 10.1 Å². The Labute approximate surface area is 274 Å². The number of ether oxygens (including phenoxy) is 2. The Morgan fingerprint density at radius 2 is 1.85 bits per heavy atom. The predicted octanol–water partition coefficient (Wildman–Crippen LogP) is 5.07. The Hall–Kier alpha value is -3.68. The van der Waals surface area contributed by atoms with Crippen LogP contribution in [-0.4, -0.2) is 93.9 Å². The Balaban J connectivity index is 1.57. The zero-order chi connectivity index (χ0) is 33.6. The molecule has 0 radical (unpaired) electrons. The third kappa shape index (κ3) is 8.18. The summed E-state index contributed by atoms with van der Waals surface area (Å²) in [5.74, 6) is -1.80. The third-order valence-corrected chi connectivity index (χ3v) is 11.5. The molecular weight excluding hydrogens is 636 g/mol. The number of halogens is 1. The molecule has 3 atom stereocenters. The van der Waals surface area contributed by atoms with Gasteiger partial charge in [0.05, 0.1) is 47.3 Å². The number of hydrogen-bond donors (Lipinski definition) is 2. The summed E-state index contributed by atoms with van der Waals surface area (Å²) >= 11 is 6.14. The van der Waals surface area contributed by atoms with Crippen molar-refractivity contribution >= 4 is 50.8 Å². The highest BCUT2D eigenvalue weighted by molar-refractivity contribution is 7.94. The molecule has 4 amide bonds. The van der Waals surface area contributed by atoms with Crippen LogP contribution in [0.5, 0.6) is 5.75 Å². The molecule has 2 fully saturated rings. The number of morpholine rings is 1. The topological polar surface area (TPSA) is 155 Å². The number of carboxylic acids is 1. The number of amides is 4. The van der Waals surface area contributed by atoms with E-state index in [1.165, 1.54) is 30.2 Å². The van der Waals surface area contributed by atoms with E-state index < -0.39 is 38.3 Å². The zero-order valence-electron chi connectivity index (χ0n) is 26.5. The molecule has 2 aromatic carbocycles. The van der Waals surface area contributed by atoms with Crippen LogP contribution in [0.15, 0.2) is 46.8 Å². The molecule has 2 aliphatic rings. The first-order chi connectivity index (χ1) is 21.8. The molecule has 250 valence electrons. The summed E-state index contributed by atoms with van der Waals surface area (Å²) in [5.41, 5.74) is 0.0534. The summed E-state index contributed by atoms with van der Waals surface area (Å²) in [7, 11) is -1.72. The van der Waals surface area contributed by atoms with E-state index in [0.29, 0.717) is 49.9 Å². The second kappa shape index (κ2) is 14.8. The summed E-state index contributed by atoms with van der Waals surface area (Å²) < 4.78 is 28.8. The minimum absolute atomic E-state index is 0.0193. The molecule has 2 saturated heterocycles. The number of likely N-dealkylation sites (tertiary alicyclic amines) is 1. The number of hydrogen-bond acceptors (Lipinski definition) is 7. The highest BCUT2D eigenvalue weighted by atomic mass is 35.5. The van der Waals surface area contributed by atoms with Gasteiger partial charge in [-0.05, 0) is 42.7 Å². The number of methoxy groups -OCH3 is 1. The van der Waals surface area contributed by atoms with Crippen molar-refractivity contribution in [2.75, 3.05) is 51.0 Å². The average Bonchev–Trinajstić information content (AvgIpc) is 3.02. The van der Waals surface area contributed by atoms with Gasteiger partial charge >= 0.3 is 12.0 Å². The third-order valence-electron chi connectivity index (χ3n) is 8.52. The molecule has 0 bridgehead atoms. The van der Waals surface area contributed by atoms with Gasteiger partial charge in [0.25, 0.3) is 0 Å². The normalized spacial score (nSPS) is 21.4. The van der Waals surface area contributed by atoms with E-state index >= 15 is 0 Å². The number of carboxylic acid groups (broad SMARTS) is 1. The van der Waals surface area contributed by atoms with Crippen molar-refractivity contribution < 1.29 is 38.0 Å². The van der Waals surface area contributed by atoms with E-state index in [4.69, 9.17) is 21.1 Å². The molecule has 0 aromatic heterocycles. The number of carbonyl (C=O) groups excluding carboxylic acids is 3. The van der Waals surface area contributed by atoms with E-state index in [-0.39, 0.29) is 42.0 Å². The highest BCUT2D eigenvalue weighted by Gasteiger charge is 2.45. The smallest absolute Gasteiger partial charge is 0.351 e. The van der Waals surface area contributed by atoms with Crippen molar-refractivity contribution in [1.29, 1.82) is 0 Å². The average molecular weight is 677 g/mol. The van der Waals surface area contributed by atoms with Crippen LogP contribution in [0, 0.1) is 5.41 Å². The second-order valence-corrected chi connectivity index (χ2v) is 15.4. The maximum Gasteiger partial charge on any atom is 0.351 e. The van der Waals surface area contributed by atoms with Gasteiger partial charge in [-0.1, -0.05) is 44.5 Å². The van der Waals surface area contributed by atoms with Gasteiger partial charge in [-0.2, -0.15) is 0 Å². The minimum Gasteiger partial charge on any atom is -0.496 e. The molecule has 0 aliphatic carbocycles. The van der Waals surface area contributed by atoms with E-state index in [9.17, 15) is 28.5 Å². The van der Waals surface area contributed by atoms with Crippen LogP contribution >= 0.6 is 11.6 Å². The maximum absolute atomic E-state index is 14.3. The molecule has 2 aliphatic heterocycles. The van der Waals surface area contributed by atoms with Gasteiger partial charge in [0.15, 0.2) is 0 Å². The number of carbonyl (C=O) groups is 4. The quantitative estimate of drug-likeness (QED) is 0.353. The van der Waals surface area contributed by atoms with Crippen molar-refractivity contribution in [2.45, 2.75) is 51.3 Å². The lowest BCUT2D eigenvalue weighted by Gasteiger charge is -2.45. The molecule has 0 saturated carbocycles. The van der Waals surface area contributed by atoms with E-state index in [1.807, 2.05) is 12.1 Å². The van der Waals surface area contributed by atoms with Crippen molar-refractivity contribution in [3.05, 3.63) is 58.6 Å². The van der Waals surface area contributed by atoms with Gasteiger partial charge in [-0.3, -0.25) is 9.59 Å². The Kier molecular flexibility index (Phi) is 11.3. The standard InChI is InChI=1S/C32H41ClN4O8S/c1-21(2)46(43,35-31(42)36-13-16-45-17-14-36)18-15-37-26(22-5-7-23(33)8-6-22)11-12-32(3,30(37)41)20-28(38)34-24-9-10-25(29(39)40)27(19-24)44-4/h5-10,19,21,26H,11-18,20H2,1-4H3,(H,34,38)(H,39,40)/t26-,32+,46?/m0/s1. The SMILES string of the molecule is COc1cc(NC(=O)C[C@@]2(C)CC[C@@H](c3ccc(Cl)cc3)N(CCS(=O)(=NC(=O)N3CCOCC3)C(C)C)C2=O)ccc1C(=O)O. The molecule has 0 spiro atoms. The highest BCUT2D eigenvalue weighted by Crippen LogP contribution is 2.43. The molecule has 1 unspecified atom stereocenters. The first-order valence-corrected chi connectivity index (χ1v) is 17.3. The van der Waals surface area contributed by atoms with Crippen LogP contribution in [0.25, 0.3) is 0 Å². The minimum atomic E-state index is -3.06. The summed E-state index contributed by atoms with van der Waals surface area (Å²) in [6, 6.07) is 10.5. The second-order valence-electron chi connectivity index (χ2n) is 12.0. The molecular formula is C32H41ClN4O8S. The van der Waals surface area contributed by atoms with Gasteiger partial charge in [-0.25, -0.2) is 13.8 Å². The van der Waals surface area contributed by atoms with Crippen LogP contribution in [-0.2, 0) is 24.1 Å². The molecule has 2 aromatic rings. The maximum atomic E-state index is 14.3. The zero-order valence-corrected chi connectivity index (χ0v) is 28.1. The van der Waals surface area contributed by atoms with Crippen LogP contribution in [0.1, 0.15) is 62.0 Å². The fraction of sp³-hybridized carbons (Fsp3) is 0.500. The van der Waals surface area contributed by atoms with Crippen molar-refractivity contribution in [3.8, 4) is 5.75 Å². The molecule has 14 heteroatoms. The number of rotatable bonds is 10. The number of nitrogens with zero attached hydrogens (tertiary/aromatic N) is 3. The molecule has 12 nitrogen and oxygen atoms in total. The fourth-order valence-electron chi connectivity index (χ4n) is 5.72. The summed E-state index contributed by atoms with van der Waals surface area (Å²) in [4.78, 5) is 55.1. The molecule has 2 N–H and O–H groups in total. The molecule has 2 heterocycles. The monoisotopic (exact) mass is 676 g/mol. The summed E-state index contributed by atoms with van der Waals surface area (Å²) in [6.07, 6.45) is 0.798. The van der Waals surface area contributed by atoms with E-state index in [0.717, 1.165) is 5.56 Å². The number of urea groups is 1. The summed E-state index contributed by atoms with van der Waals surface area (Å²) in [6.45, 7) is 6.82. The van der Waals surface area contributed by atoms with Crippen molar-refractivity contribution in [1.82, 2.24) is 9.80 Å². The Morgan fingerprint density at radius 3 is 2.46 bits per heavy atom. The number of nitrogens with one attached hydrogen (secondary N) is 1. The van der Waals surface area contributed by atoms with Gasteiger partial charge in [0.1, 0.15) is 11.3 Å². The summed E-state index contributed by atoms with van der Waals surface area (Å²) in [5, 5.41) is 12.2. The largest absolute Gasteiger partial charge is 0.496 e. The fourth-order valence-corrected chi connectivity index (χ4v) is 7.46. The number of benzene rings is 2. The van der Waals surface area contributed by atoms with Gasteiger partial charge in [0.2, 0.25) is 11.8 Å². The van der Waals surface area contributed by atoms with Crippen molar-refractivity contribution in [3.63, 3.8) is 0 Å².